The number of pyridine rings is 1. The van der Waals surface area contributed by atoms with Crippen molar-refractivity contribution in [1.82, 2.24) is 4.98 Å². The first-order valence-corrected chi connectivity index (χ1v) is 9.70. The number of thiophene rings is 1. The summed E-state index contributed by atoms with van der Waals surface area (Å²) in [6, 6.07) is 29.0. The van der Waals surface area contributed by atoms with Crippen molar-refractivity contribution in [3.63, 3.8) is 0 Å². The Morgan fingerprint density at radius 2 is 1.48 bits per heavy atom. The van der Waals surface area contributed by atoms with E-state index in [0.29, 0.717) is 0 Å². The maximum Gasteiger partial charge on any atom is 0.122 e. The van der Waals surface area contributed by atoms with E-state index in [-0.39, 0.29) is 0 Å². The molecule has 1 nitrogen and oxygen atoms in total. The highest BCUT2D eigenvalue weighted by atomic mass is 32.1. The molecule has 0 saturated carbocycles. The molecule has 0 aliphatic heterocycles. The Morgan fingerprint density at radius 1 is 0.704 bits per heavy atom. The first-order chi connectivity index (χ1) is 13.4. The van der Waals surface area contributed by atoms with Gasteiger partial charge in [0, 0.05) is 32.2 Å². The lowest BCUT2D eigenvalue weighted by atomic mass is 10.0. The van der Waals surface area contributed by atoms with Crippen molar-refractivity contribution >= 4 is 32.3 Å². The Labute approximate surface area is 161 Å². The zero-order valence-electron chi connectivity index (χ0n) is 14.5. The third-order valence-electron chi connectivity index (χ3n) is 4.59. The SMILES string of the molecule is C(#Cc1nc2ccccc2cc1-c1csc2ccccc12)c1ccccc1. The lowest BCUT2D eigenvalue weighted by molar-refractivity contribution is 1.36. The Morgan fingerprint density at radius 3 is 2.41 bits per heavy atom. The van der Waals surface area contributed by atoms with Crippen molar-refractivity contribution in [2.24, 2.45) is 0 Å². The van der Waals surface area contributed by atoms with Crippen molar-refractivity contribution in [2.45, 2.75) is 0 Å². The Hall–Kier alpha value is -3.41. The van der Waals surface area contributed by atoms with E-state index in [4.69, 9.17) is 4.98 Å². The largest absolute Gasteiger partial charge is 0.239 e. The molecule has 3 aromatic carbocycles. The lowest BCUT2D eigenvalue weighted by Gasteiger charge is -2.06. The molecule has 0 radical (unpaired) electrons. The van der Waals surface area contributed by atoms with Gasteiger partial charge < -0.3 is 0 Å². The van der Waals surface area contributed by atoms with Crippen LogP contribution in [0.4, 0.5) is 0 Å². The average molecular weight is 361 g/mol. The van der Waals surface area contributed by atoms with Gasteiger partial charge in [-0.2, -0.15) is 0 Å². The molecule has 2 aromatic heterocycles. The fourth-order valence-corrected chi connectivity index (χ4v) is 4.22. The highest BCUT2D eigenvalue weighted by Gasteiger charge is 2.12. The molecule has 0 N–H and O–H groups in total. The zero-order valence-corrected chi connectivity index (χ0v) is 15.3. The first kappa shape index (κ1) is 15.8. The molecule has 2 heteroatoms. The normalized spacial score (nSPS) is 10.7. The molecule has 0 fully saturated rings. The van der Waals surface area contributed by atoms with Crippen LogP contribution in [0.25, 0.3) is 32.1 Å². The molecule has 0 amide bonds. The molecular weight excluding hydrogens is 346 g/mol. The van der Waals surface area contributed by atoms with E-state index in [0.717, 1.165) is 27.7 Å². The summed E-state index contributed by atoms with van der Waals surface area (Å²) in [6.07, 6.45) is 0. The summed E-state index contributed by atoms with van der Waals surface area (Å²) in [7, 11) is 0. The van der Waals surface area contributed by atoms with Gasteiger partial charge in [-0.25, -0.2) is 4.98 Å². The molecule has 5 rings (SSSR count). The van der Waals surface area contributed by atoms with E-state index in [1.165, 1.54) is 15.6 Å². The van der Waals surface area contributed by atoms with Gasteiger partial charge in [-0.3, -0.25) is 0 Å². The number of rotatable bonds is 1. The van der Waals surface area contributed by atoms with Crippen LogP contribution in [0.3, 0.4) is 0 Å². The maximum atomic E-state index is 4.88. The van der Waals surface area contributed by atoms with E-state index in [9.17, 15) is 0 Å². The molecule has 0 saturated heterocycles. The summed E-state index contributed by atoms with van der Waals surface area (Å²) in [4.78, 5) is 4.88. The van der Waals surface area contributed by atoms with Crippen LogP contribution in [0.1, 0.15) is 11.3 Å². The quantitative estimate of drug-likeness (QED) is 0.310. The third-order valence-corrected chi connectivity index (χ3v) is 5.56. The number of fused-ring (bicyclic) bond motifs is 2. The second kappa shape index (κ2) is 6.72. The topological polar surface area (TPSA) is 12.9 Å². The Bertz CT molecular complexity index is 1320. The van der Waals surface area contributed by atoms with Gasteiger partial charge in [0.05, 0.1) is 5.52 Å². The second-order valence-electron chi connectivity index (χ2n) is 6.34. The average Bonchev–Trinajstić information content (AvgIpc) is 3.16. The van der Waals surface area contributed by atoms with Gasteiger partial charge in [-0.15, -0.1) is 11.3 Å². The molecule has 27 heavy (non-hydrogen) atoms. The van der Waals surface area contributed by atoms with Gasteiger partial charge in [-0.05, 0) is 41.6 Å². The minimum absolute atomic E-state index is 0.820. The van der Waals surface area contributed by atoms with Gasteiger partial charge in [-0.1, -0.05) is 60.5 Å². The smallest absolute Gasteiger partial charge is 0.122 e. The minimum atomic E-state index is 0.820. The molecular formula is C25H15NS. The number of nitrogens with zero attached hydrogens (tertiary/aromatic N) is 1. The Kier molecular flexibility index (Phi) is 3.93. The van der Waals surface area contributed by atoms with Crippen LogP contribution in [0, 0.1) is 11.8 Å². The number of hydrogen-bond donors (Lipinski definition) is 0. The summed E-state index contributed by atoms with van der Waals surface area (Å²) < 4.78 is 1.28. The lowest BCUT2D eigenvalue weighted by Crippen LogP contribution is -1.91. The van der Waals surface area contributed by atoms with Crippen LogP contribution in [0.2, 0.25) is 0 Å². The van der Waals surface area contributed by atoms with Crippen LogP contribution >= 0.6 is 11.3 Å². The number of aromatic nitrogens is 1. The van der Waals surface area contributed by atoms with E-state index >= 15 is 0 Å². The van der Waals surface area contributed by atoms with Crippen molar-refractivity contribution in [2.75, 3.05) is 0 Å². The second-order valence-corrected chi connectivity index (χ2v) is 7.25. The van der Waals surface area contributed by atoms with Crippen molar-refractivity contribution < 1.29 is 0 Å². The summed E-state index contributed by atoms with van der Waals surface area (Å²) in [6.45, 7) is 0. The summed E-state index contributed by atoms with van der Waals surface area (Å²) in [5, 5.41) is 4.60. The predicted octanol–water partition coefficient (Wildman–Crippen LogP) is 6.52. The predicted molar refractivity (Wildman–Crippen MR) is 115 cm³/mol. The number of benzene rings is 3. The molecule has 5 aromatic rings. The third kappa shape index (κ3) is 2.99. The van der Waals surface area contributed by atoms with Gasteiger partial charge in [0.1, 0.15) is 5.69 Å². The van der Waals surface area contributed by atoms with Gasteiger partial charge in [0.25, 0.3) is 0 Å². The van der Waals surface area contributed by atoms with Crippen molar-refractivity contribution in [3.8, 4) is 23.0 Å². The van der Waals surface area contributed by atoms with Crippen molar-refractivity contribution in [3.05, 3.63) is 102 Å². The molecule has 0 aliphatic carbocycles. The van der Waals surface area contributed by atoms with Gasteiger partial charge >= 0.3 is 0 Å². The zero-order chi connectivity index (χ0) is 18.1. The highest BCUT2D eigenvalue weighted by Crippen LogP contribution is 2.36. The molecule has 126 valence electrons. The molecule has 0 spiro atoms. The molecule has 0 bridgehead atoms. The molecule has 0 unspecified atom stereocenters. The van der Waals surface area contributed by atoms with Gasteiger partial charge in [0.15, 0.2) is 0 Å². The monoisotopic (exact) mass is 361 g/mol. The molecule has 2 heterocycles. The van der Waals surface area contributed by atoms with Gasteiger partial charge in [0.2, 0.25) is 0 Å². The van der Waals surface area contributed by atoms with Crippen LogP contribution in [-0.2, 0) is 0 Å². The van der Waals surface area contributed by atoms with Crippen LogP contribution < -0.4 is 0 Å². The molecule has 0 atom stereocenters. The summed E-state index contributed by atoms with van der Waals surface area (Å²) >= 11 is 1.76. The van der Waals surface area contributed by atoms with Crippen molar-refractivity contribution in [1.29, 1.82) is 0 Å². The van der Waals surface area contributed by atoms with Crippen LogP contribution in [0.5, 0.6) is 0 Å². The number of hydrogen-bond acceptors (Lipinski definition) is 2. The fourth-order valence-electron chi connectivity index (χ4n) is 3.26. The minimum Gasteiger partial charge on any atom is -0.239 e. The highest BCUT2D eigenvalue weighted by molar-refractivity contribution is 7.17. The summed E-state index contributed by atoms with van der Waals surface area (Å²) in [5.41, 5.74) is 5.08. The van der Waals surface area contributed by atoms with E-state index < -0.39 is 0 Å². The van der Waals surface area contributed by atoms with E-state index in [2.05, 4.69) is 59.7 Å². The Balaban J connectivity index is 1.76. The standard InChI is InChI=1S/C25H15NS/c1-2-8-18(9-3-1)14-15-24-21(16-19-10-4-6-12-23(19)26-24)22-17-27-25-13-7-5-11-20(22)25/h1-13,16-17H. The van der Waals surface area contributed by atoms with E-state index in [1.54, 1.807) is 11.3 Å². The van der Waals surface area contributed by atoms with E-state index in [1.807, 2.05) is 42.5 Å². The molecule has 0 aliphatic rings. The van der Waals surface area contributed by atoms with Crippen LogP contribution in [-0.4, -0.2) is 4.98 Å². The maximum absolute atomic E-state index is 4.88. The number of para-hydroxylation sites is 1. The summed E-state index contributed by atoms with van der Waals surface area (Å²) in [5.74, 6) is 6.59. The fraction of sp³-hybridized carbons (Fsp3) is 0. The first-order valence-electron chi connectivity index (χ1n) is 8.82. The van der Waals surface area contributed by atoms with Crippen LogP contribution in [0.15, 0.2) is 90.3 Å².